The smallest absolute Gasteiger partial charge is 0.225 e. The van der Waals surface area contributed by atoms with E-state index in [2.05, 4.69) is 20.8 Å². The summed E-state index contributed by atoms with van der Waals surface area (Å²) in [7, 11) is 0. The minimum Gasteiger partial charge on any atom is -0.327 e. The Morgan fingerprint density at radius 2 is 2.33 bits per heavy atom. The molecule has 1 aromatic carbocycles. The zero-order valence-corrected chi connectivity index (χ0v) is 12.4. The Hall–Kier alpha value is -1.99. The van der Waals surface area contributed by atoms with Crippen LogP contribution in [0.25, 0.3) is 5.69 Å². The van der Waals surface area contributed by atoms with Gasteiger partial charge >= 0.3 is 0 Å². The largest absolute Gasteiger partial charge is 0.327 e. The molecule has 0 fully saturated rings. The molecule has 1 aromatic heterocycles. The molecule has 0 aliphatic heterocycles. The summed E-state index contributed by atoms with van der Waals surface area (Å²) in [6.45, 7) is 2.03. The molecule has 2 rings (SSSR count). The molecule has 1 atom stereocenters. The highest BCUT2D eigenvalue weighted by Gasteiger charge is 2.11. The minimum absolute atomic E-state index is 0.142. The summed E-state index contributed by atoms with van der Waals surface area (Å²) < 4.78 is 1.48. The second kappa shape index (κ2) is 7.14. The molecule has 0 radical (unpaired) electrons. The van der Waals surface area contributed by atoms with Crippen molar-refractivity contribution in [1.29, 1.82) is 0 Å². The van der Waals surface area contributed by atoms with E-state index < -0.39 is 0 Å². The third-order valence-corrected chi connectivity index (χ3v) is 3.27. The van der Waals surface area contributed by atoms with Crippen LogP contribution in [0.2, 0.25) is 5.02 Å². The van der Waals surface area contributed by atoms with Gasteiger partial charge in [-0.25, -0.2) is 4.68 Å². The summed E-state index contributed by atoms with van der Waals surface area (Å²) in [4.78, 5) is 12.0. The average Bonchev–Trinajstić information content (AvgIpc) is 2.95. The van der Waals surface area contributed by atoms with Crippen LogP contribution >= 0.6 is 11.6 Å². The van der Waals surface area contributed by atoms with Crippen molar-refractivity contribution in [2.45, 2.75) is 32.2 Å². The molecule has 8 heteroatoms. The van der Waals surface area contributed by atoms with Gasteiger partial charge in [-0.15, -0.1) is 5.10 Å². The maximum absolute atomic E-state index is 12.0. The van der Waals surface area contributed by atoms with Gasteiger partial charge in [0.15, 0.2) is 0 Å². The van der Waals surface area contributed by atoms with Gasteiger partial charge in [-0.1, -0.05) is 24.9 Å². The number of rotatable bonds is 6. The summed E-state index contributed by atoms with van der Waals surface area (Å²) in [6.07, 6.45) is 3.49. The third-order valence-electron chi connectivity index (χ3n) is 2.94. The molecule has 0 bridgehead atoms. The maximum atomic E-state index is 12.0. The number of nitrogens with one attached hydrogen (secondary N) is 1. The highest BCUT2D eigenvalue weighted by atomic mass is 35.5. The quantitative estimate of drug-likeness (QED) is 0.847. The number of amides is 1. The Kier molecular flexibility index (Phi) is 5.24. The number of aromatic nitrogens is 4. The van der Waals surface area contributed by atoms with Crippen LogP contribution in [0, 0.1) is 0 Å². The summed E-state index contributed by atoms with van der Waals surface area (Å²) >= 11 is 6.09. The molecule has 2 aromatic rings. The van der Waals surface area contributed by atoms with Crippen molar-refractivity contribution >= 4 is 23.2 Å². The molecule has 0 spiro atoms. The molecule has 3 N–H and O–H groups in total. The Morgan fingerprint density at radius 3 is 3.00 bits per heavy atom. The van der Waals surface area contributed by atoms with Crippen LogP contribution in [-0.4, -0.2) is 32.2 Å². The predicted octanol–water partition coefficient (Wildman–Crippen LogP) is 1.77. The lowest BCUT2D eigenvalue weighted by atomic mass is 10.1. The molecule has 1 heterocycles. The highest BCUT2D eigenvalue weighted by Crippen LogP contribution is 2.24. The summed E-state index contributed by atoms with van der Waals surface area (Å²) in [5.74, 6) is -0.160. The minimum atomic E-state index is -0.160. The topological polar surface area (TPSA) is 98.7 Å². The van der Waals surface area contributed by atoms with Crippen molar-refractivity contribution in [3.05, 3.63) is 29.5 Å². The van der Waals surface area contributed by atoms with Gasteiger partial charge in [-0.3, -0.25) is 4.79 Å². The number of hydrogen-bond acceptors (Lipinski definition) is 5. The standard InChI is InChI=1S/C13H17ClN6O/c1-2-3-9(15)6-13(21)17-12-7-10(4-5-11(12)14)20-8-16-18-19-20/h4-5,7-9H,2-3,6,15H2,1H3,(H,17,21). The second-order valence-electron chi connectivity index (χ2n) is 4.72. The number of nitrogens with zero attached hydrogens (tertiary/aromatic N) is 4. The van der Waals surface area contributed by atoms with Crippen molar-refractivity contribution in [2.75, 3.05) is 5.32 Å². The lowest BCUT2D eigenvalue weighted by Gasteiger charge is -2.12. The van der Waals surface area contributed by atoms with E-state index in [4.69, 9.17) is 17.3 Å². The van der Waals surface area contributed by atoms with Gasteiger partial charge in [0.1, 0.15) is 6.33 Å². The van der Waals surface area contributed by atoms with Gasteiger partial charge in [-0.2, -0.15) is 0 Å². The number of benzene rings is 1. The van der Waals surface area contributed by atoms with Crippen LogP contribution in [0.3, 0.4) is 0 Å². The summed E-state index contributed by atoms with van der Waals surface area (Å²) in [5.41, 5.74) is 7.08. The number of tetrazole rings is 1. The number of nitrogens with two attached hydrogens (primary N) is 1. The van der Waals surface area contributed by atoms with Crippen LogP contribution in [0.5, 0.6) is 0 Å². The molecule has 0 aliphatic rings. The van der Waals surface area contributed by atoms with Crippen molar-refractivity contribution in [3.8, 4) is 5.69 Å². The Balaban J connectivity index is 2.09. The first-order chi connectivity index (χ1) is 10.1. The molecular weight excluding hydrogens is 292 g/mol. The van der Waals surface area contributed by atoms with E-state index in [1.54, 1.807) is 18.2 Å². The van der Waals surface area contributed by atoms with Crippen LogP contribution in [0.1, 0.15) is 26.2 Å². The lowest BCUT2D eigenvalue weighted by Crippen LogP contribution is -2.27. The molecule has 112 valence electrons. The van der Waals surface area contributed by atoms with Gasteiger partial charge in [0.05, 0.1) is 16.4 Å². The molecule has 0 saturated heterocycles. The number of carbonyl (C=O) groups excluding carboxylic acids is 1. The fourth-order valence-corrected chi connectivity index (χ4v) is 2.11. The van der Waals surface area contributed by atoms with Crippen LogP contribution in [0.4, 0.5) is 5.69 Å². The van der Waals surface area contributed by atoms with E-state index in [9.17, 15) is 4.79 Å². The van der Waals surface area contributed by atoms with Gasteiger partial charge in [0.25, 0.3) is 0 Å². The van der Waals surface area contributed by atoms with E-state index in [0.717, 1.165) is 12.8 Å². The molecule has 7 nitrogen and oxygen atoms in total. The first kappa shape index (κ1) is 15.4. The first-order valence-corrected chi connectivity index (χ1v) is 7.06. The normalized spacial score (nSPS) is 12.1. The SMILES string of the molecule is CCCC(N)CC(=O)Nc1cc(-n2cnnn2)ccc1Cl. The number of halogens is 1. The van der Waals surface area contributed by atoms with Crippen LogP contribution in [0.15, 0.2) is 24.5 Å². The predicted molar refractivity (Wildman–Crippen MR) is 80.3 cm³/mol. The van der Waals surface area contributed by atoms with Crippen LogP contribution < -0.4 is 11.1 Å². The zero-order valence-electron chi connectivity index (χ0n) is 11.7. The Labute approximate surface area is 127 Å². The van der Waals surface area contributed by atoms with Gasteiger partial charge < -0.3 is 11.1 Å². The van der Waals surface area contributed by atoms with Gasteiger partial charge in [0.2, 0.25) is 5.91 Å². The first-order valence-electron chi connectivity index (χ1n) is 6.68. The molecular formula is C13H17ClN6O. The average molecular weight is 309 g/mol. The van der Waals surface area contributed by atoms with E-state index in [1.165, 1.54) is 11.0 Å². The maximum Gasteiger partial charge on any atom is 0.225 e. The lowest BCUT2D eigenvalue weighted by molar-refractivity contribution is -0.116. The van der Waals surface area contributed by atoms with Crippen LogP contribution in [-0.2, 0) is 4.79 Å². The van der Waals surface area contributed by atoms with Crippen molar-refractivity contribution in [1.82, 2.24) is 20.2 Å². The van der Waals surface area contributed by atoms with E-state index in [0.29, 0.717) is 16.4 Å². The number of carbonyl (C=O) groups is 1. The second-order valence-corrected chi connectivity index (χ2v) is 5.13. The van der Waals surface area contributed by atoms with Crippen molar-refractivity contribution in [3.63, 3.8) is 0 Å². The molecule has 21 heavy (non-hydrogen) atoms. The monoisotopic (exact) mass is 308 g/mol. The highest BCUT2D eigenvalue weighted by molar-refractivity contribution is 6.33. The molecule has 0 saturated carbocycles. The Bertz CT molecular complexity index is 601. The van der Waals surface area contributed by atoms with Crippen molar-refractivity contribution in [2.24, 2.45) is 5.73 Å². The third kappa shape index (κ3) is 4.24. The van der Waals surface area contributed by atoms with E-state index >= 15 is 0 Å². The molecule has 0 aliphatic carbocycles. The molecule has 1 unspecified atom stereocenters. The van der Waals surface area contributed by atoms with E-state index in [-0.39, 0.29) is 18.4 Å². The fourth-order valence-electron chi connectivity index (χ4n) is 1.94. The van der Waals surface area contributed by atoms with Gasteiger partial charge in [-0.05, 0) is 35.0 Å². The summed E-state index contributed by atoms with van der Waals surface area (Å²) in [5, 5.41) is 14.1. The number of anilines is 1. The zero-order chi connectivity index (χ0) is 15.2. The van der Waals surface area contributed by atoms with Gasteiger partial charge in [0, 0.05) is 12.5 Å². The van der Waals surface area contributed by atoms with Crippen molar-refractivity contribution < 1.29 is 4.79 Å². The molecule has 1 amide bonds. The van der Waals surface area contributed by atoms with E-state index in [1.807, 2.05) is 6.92 Å². The fraction of sp³-hybridized carbons (Fsp3) is 0.385. The summed E-state index contributed by atoms with van der Waals surface area (Å²) in [6, 6.07) is 5.01. The number of hydrogen-bond donors (Lipinski definition) is 2. The Morgan fingerprint density at radius 1 is 1.52 bits per heavy atom.